The number of carbonyl (C=O) groups is 4. The molecule has 1 aliphatic carbocycles. The molecule has 1 aromatic rings. The minimum atomic E-state index is -0.552. The van der Waals surface area contributed by atoms with Crippen LogP contribution in [0.25, 0.3) is 0 Å². The van der Waals surface area contributed by atoms with Crippen molar-refractivity contribution in [2.45, 2.75) is 25.7 Å². The van der Waals surface area contributed by atoms with Crippen molar-refractivity contribution in [3.05, 3.63) is 35.4 Å². The molecule has 0 spiro atoms. The van der Waals surface area contributed by atoms with Crippen molar-refractivity contribution in [3.63, 3.8) is 0 Å². The average molecular weight is 412 g/mol. The van der Waals surface area contributed by atoms with E-state index >= 15 is 0 Å². The van der Waals surface area contributed by atoms with Gasteiger partial charge >= 0.3 is 0 Å². The summed E-state index contributed by atoms with van der Waals surface area (Å²) in [6.07, 6.45) is 2.80. The summed E-state index contributed by atoms with van der Waals surface area (Å²) in [5, 5.41) is -1.67. The average Bonchev–Trinajstić information content (AvgIpc) is 2.55. The van der Waals surface area contributed by atoms with Crippen molar-refractivity contribution >= 4 is 67.4 Å². The van der Waals surface area contributed by atoms with Crippen LogP contribution in [0.2, 0.25) is 0 Å². The van der Waals surface area contributed by atoms with E-state index < -0.39 is 10.5 Å². The molecule has 0 aliphatic heterocycles. The predicted molar refractivity (Wildman–Crippen MR) is 94.0 cm³/mol. The van der Waals surface area contributed by atoms with Gasteiger partial charge < -0.3 is 0 Å². The lowest BCUT2D eigenvalue weighted by molar-refractivity contribution is -0.120. The second-order valence-electron chi connectivity index (χ2n) is 5.28. The summed E-state index contributed by atoms with van der Waals surface area (Å²) < 4.78 is 0. The van der Waals surface area contributed by atoms with Crippen LogP contribution in [0, 0.1) is 11.8 Å². The zero-order valence-corrected chi connectivity index (χ0v) is 15.5. The van der Waals surface area contributed by atoms with Crippen LogP contribution in [0.1, 0.15) is 46.4 Å². The number of hydrogen-bond donors (Lipinski definition) is 0. The molecule has 0 atom stereocenters. The van der Waals surface area contributed by atoms with E-state index in [1.807, 2.05) is 0 Å². The molecule has 0 heterocycles. The topological polar surface area (TPSA) is 68.3 Å². The van der Waals surface area contributed by atoms with E-state index in [1.165, 1.54) is 24.3 Å². The lowest BCUT2D eigenvalue weighted by atomic mass is 9.83. The third-order valence-electron chi connectivity index (χ3n) is 3.71. The van der Waals surface area contributed by atoms with Crippen molar-refractivity contribution in [2.75, 3.05) is 0 Å². The van der Waals surface area contributed by atoms with E-state index in [-0.39, 0.29) is 22.3 Å². The summed E-state index contributed by atoms with van der Waals surface area (Å²) >= 11 is 21.0. The van der Waals surface area contributed by atoms with Gasteiger partial charge in [-0.2, -0.15) is 0 Å². The van der Waals surface area contributed by atoms with Crippen molar-refractivity contribution in [3.8, 4) is 0 Å². The molecule has 2 rings (SSSR count). The standard InChI is InChI=1S/C8H10Cl2O2.C8H4Cl2O2/c2*9-7(11)5-1-2-6(4-3-5)8(10)12/h5-6H,1-4H2;1-4H/t5-,6-;. The maximum atomic E-state index is 10.7. The fraction of sp³-hybridized carbons (Fsp3) is 0.375. The number of hydrogen-bond acceptors (Lipinski definition) is 4. The van der Waals surface area contributed by atoms with Gasteiger partial charge in [-0.1, -0.05) is 0 Å². The fourth-order valence-corrected chi connectivity index (χ4v) is 2.97. The monoisotopic (exact) mass is 410 g/mol. The molecule has 130 valence electrons. The molecule has 4 nitrogen and oxygen atoms in total. The highest BCUT2D eigenvalue weighted by Crippen LogP contribution is 2.31. The first-order valence-electron chi connectivity index (χ1n) is 7.10. The van der Waals surface area contributed by atoms with E-state index in [9.17, 15) is 19.2 Å². The molecule has 0 saturated heterocycles. The van der Waals surface area contributed by atoms with E-state index in [4.69, 9.17) is 46.4 Å². The predicted octanol–water partition coefficient (Wildman–Crippen LogP) is 4.77. The zero-order valence-electron chi connectivity index (χ0n) is 12.4. The molecule has 1 fully saturated rings. The number of carbonyl (C=O) groups excluding carboxylic acids is 4. The molecule has 0 N–H and O–H groups in total. The molecule has 0 unspecified atom stereocenters. The molecular weight excluding hydrogens is 398 g/mol. The summed E-state index contributed by atoms with van der Waals surface area (Å²) in [6.45, 7) is 0. The molecule has 24 heavy (non-hydrogen) atoms. The van der Waals surface area contributed by atoms with E-state index in [2.05, 4.69) is 0 Å². The van der Waals surface area contributed by atoms with E-state index in [0.29, 0.717) is 36.8 Å². The van der Waals surface area contributed by atoms with E-state index in [0.717, 1.165) is 0 Å². The Balaban J connectivity index is 0.000000240. The molecule has 0 bridgehead atoms. The first-order valence-corrected chi connectivity index (χ1v) is 8.62. The minimum Gasteiger partial charge on any atom is -0.281 e. The third kappa shape index (κ3) is 6.89. The van der Waals surface area contributed by atoms with Crippen LogP contribution in [0.3, 0.4) is 0 Å². The van der Waals surface area contributed by atoms with Gasteiger partial charge in [0.15, 0.2) is 0 Å². The van der Waals surface area contributed by atoms with Gasteiger partial charge in [0, 0.05) is 23.0 Å². The molecule has 8 heteroatoms. The Kier molecular flexibility index (Phi) is 8.92. The van der Waals surface area contributed by atoms with Gasteiger partial charge in [-0.25, -0.2) is 0 Å². The van der Waals surface area contributed by atoms with Crippen LogP contribution in [-0.2, 0) is 9.59 Å². The van der Waals surface area contributed by atoms with Crippen LogP contribution in [0.5, 0.6) is 0 Å². The first-order chi connectivity index (χ1) is 11.2. The highest BCUT2D eigenvalue weighted by atomic mass is 35.5. The van der Waals surface area contributed by atoms with Gasteiger partial charge in [0.05, 0.1) is 0 Å². The van der Waals surface area contributed by atoms with Gasteiger partial charge in [-0.3, -0.25) is 19.2 Å². The lowest BCUT2D eigenvalue weighted by Gasteiger charge is -2.23. The second kappa shape index (κ2) is 10.1. The van der Waals surface area contributed by atoms with Crippen LogP contribution >= 0.6 is 46.4 Å². The fourth-order valence-electron chi connectivity index (χ4n) is 2.28. The normalized spacial score (nSPS) is 19.7. The molecule has 1 saturated carbocycles. The highest BCUT2D eigenvalue weighted by molar-refractivity contribution is 6.68. The van der Waals surface area contributed by atoms with E-state index in [1.54, 1.807) is 0 Å². The maximum absolute atomic E-state index is 10.7. The van der Waals surface area contributed by atoms with Gasteiger partial charge in [0.1, 0.15) is 0 Å². The Labute approximate surface area is 159 Å². The number of rotatable bonds is 4. The van der Waals surface area contributed by atoms with Gasteiger partial charge in [-0.15, -0.1) is 0 Å². The van der Waals surface area contributed by atoms with Crippen LogP contribution in [0.15, 0.2) is 24.3 Å². The summed E-state index contributed by atoms with van der Waals surface area (Å²) in [6, 6.07) is 5.80. The Morgan fingerprint density at radius 1 is 0.625 bits per heavy atom. The van der Waals surface area contributed by atoms with Crippen molar-refractivity contribution in [1.82, 2.24) is 0 Å². The van der Waals surface area contributed by atoms with Crippen molar-refractivity contribution in [1.29, 1.82) is 0 Å². The van der Waals surface area contributed by atoms with Crippen LogP contribution < -0.4 is 0 Å². The largest absolute Gasteiger partial charge is 0.281 e. The lowest BCUT2D eigenvalue weighted by Crippen LogP contribution is -2.21. The molecular formula is C16H14Cl4O4. The van der Waals surface area contributed by atoms with Gasteiger partial charge in [0.25, 0.3) is 10.5 Å². The Bertz CT molecular complexity index is 564. The maximum Gasteiger partial charge on any atom is 0.252 e. The Hall–Kier alpha value is -0.940. The Morgan fingerprint density at radius 2 is 0.875 bits per heavy atom. The first kappa shape index (κ1) is 21.1. The number of halogens is 4. The number of benzene rings is 1. The van der Waals surface area contributed by atoms with Crippen molar-refractivity contribution < 1.29 is 19.2 Å². The molecule has 0 amide bonds. The molecule has 1 aliphatic rings. The quantitative estimate of drug-likeness (QED) is 0.669. The summed E-state index contributed by atoms with van der Waals surface area (Å²) in [5.74, 6) is -0.113. The third-order valence-corrected chi connectivity index (χ3v) is 4.76. The summed E-state index contributed by atoms with van der Waals surface area (Å²) in [4.78, 5) is 42.6. The zero-order chi connectivity index (χ0) is 18.3. The highest BCUT2D eigenvalue weighted by Gasteiger charge is 2.27. The molecule has 0 aromatic heterocycles. The van der Waals surface area contributed by atoms with Gasteiger partial charge in [-0.05, 0) is 96.4 Å². The second-order valence-corrected chi connectivity index (χ2v) is 6.71. The SMILES string of the molecule is O=C(Cl)[C@H]1CC[C@H](C(=O)Cl)CC1.O=C(Cl)c1ccc(C(=O)Cl)cc1. The van der Waals surface area contributed by atoms with Gasteiger partial charge in [0.2, 0.25) is 10.5 Å². The summed E-state index contributed by atoms with van der Waals surface area (Å²) in [5.41, 5.74) is 0.691. The smallest absolute Gasteiger partial charge is 0.252 e. The van der Waals surface area contributed by atoms with Crippen LogP contribution in [-0.4, -0.2) is 21.0 Å². The Morgan fingerprint density at radius 3 is 1.04 bits per heavy atom. The molecule has 0 radical (unpaired) electrons. The summed E-state index contributed by atoms with van der Waals surface area (Å²) in [7, 11) is 0. The van der Waals surface area contributed by atoms with Crippen molar-refractivity contribution in [2.24, 2.45) is 11.8 Å². The van der Waals surface area contributed by atoms with Crippen LogP contribution in [0.4, 0.5) is 0 Å². The minimum absolute atomic E-state index is 0.0565. The molecule has 1 aromatic carbocycles.